The summed E-state index contributed by atoms with van der Waals surface area (Å²) in [6, 6.07) is 18.6. The lowest BCUT2D eigenvalue weighted by molar-refractivity contribution is -0.117. The van der Waals surface area contributed by atoms with E-state index in [1.165, 1.54) is 50.2 Å². The number of nitrogens with two attached hydrogens (primary N) is 1. The Kier molecular flexibility index (Phi) is 15.8. The van der Waals surface area contributed by atoms with Crippen LogP contribution in [0.1, 0.15) is 50.5 Å². The fraction of sp³-hybridized carbons (Fsp3) is 0.190. The molecule has 15 heteroatoms. The number of halogens is 5. The van der Waals surface area contributed by atoms with Crippen molar-refractivity contribution >= 4 is 63.4 Å². The molecule has 0 bridgehead atoms. The van der Waals surface area contributed by atoms with Crippen LogP contribution in [0.15, 0.2) is 94.8 Å². The molecular weight excluding hydrogens is 797 g/mol. The van der Waals surface area contributed by atoms with Crippen molar-refractivity contribution in [1.29, 1.82) is 0 Å². The SMILES string of the molecule is CC(=O)Cc1cc(Cl)ccn1.CCc1[nH]c(=O)c(-c2ccc(F)c(Cl)c2)cc1N.CCc1[nH]c(=O)c(-c2ccc(F)c(Cl)c2)cc1Nc1ccnc(CC(C)=O)c1. The van der Waals surface area contributed by atoms with E-state index in [1.807, 2.05) is 13.8 Å². The van der Waals surface area contributed by atoms with Crippen molar-refractivity contribution in [1.82, 2.24) is 19.9 Å². The van der Waals surface area contributed by atoms with E-state index in [9.17, 15) is 28.0 Å². The molecule has 0 aliphatic carbocycles. The van der Waals surface area contributed by atoms with Crippen molar-refractivity contribution in [3.63, 3.8) is 0 Å². The quantitative estimate of drug-likeness (QED) is 0.106. The lowest BCUT2D eigenvalue weighted by Crippen LogP contribution is -2.13. The standard InChI is InChI=1S/C21H19ClFN3O2.C13H12ClFN2O.C8H8ClNO/c1-3-19-20(25-14-6-7-24-15(10-14)8-12(2)27)11-16(21(28)26-19)13-4-5-18(23)17(22)9-13;1-2-12-11(16)6-8(13(18)17-12)7-3-4-10(15)9(14)5-7;1-6(11)4-8-5-7(9)2-3-10-8/h4-7,9-11H,3,8H2,1-2H3,(H,24,25)(H,26,28);3-6H,2,16H2,1H3,(H,17,18);2-3,5H,4H2,1H3. The first kappa shape index (κ1) is 44.0. The fourth-order valence-electron chi connectivity index (χ4n) is 5.46. The maximum Gasteiger partial charge on any atom is 0.256 e. The molecule has 296 valence electrons. The van der Waals surface area contributed by atoms with Crippen molar-refractivity contribution in [3.05, 3.63) is 155 Å². The molecule has 6 aromatic rings. The van der Waals surface area contributed by atoms with Gasteiger partial charge in [0, 0.05) is 69.8 Å². The summed E-state index contributed by atoms with van der Waals surface area (Å²) in [6.45, 7) is 6.87. The van der Waals surface area contributed by atoms with E-state index in [0.29, 0.717) is 69.3 Å². The maximum atomic E-state index is 13.5. The smallest absolute Gasteiger partial charge is 0.256 e. The van der Waals surface area contributed by atoms with Crippen molar-refractivity contribution in [2.45, 2.75) is 53.4 Å². The third kappa shape index (κ3) is 12.7. The highest BCUT2D eigenvalue weighted by Crippen LogP contribution is 2.28. The van der Waals surface area contributed by atoms with Gasteiger partial charge in [-0.25, -0.2) is 8.78 Å². The molecule has 0 atom stereocenters. The first-order valence-electron chi connectivity index (χ1n) is 17.6. The average molecular weight is 836 g/mol. The summed E-state index contributed by atoms with van der Waals surface area (Å²) < 4.78 is 26.5. The van der Waals surface area contributed by atoms with E-state index in [1.54, 1.807) is 48.8 Å². The number of rotatable bonds is 10. The van der Waals surface area contributed by atoms with Crippen LogP contribution >= 0.6 is 34.8 Å². The van der Waals surface area contributed by atoms with E-state index in [4.69, 9.17) is 40.5 Å². The third-order valence-electron chi connectivity index (χ3n) is 8.18. The summed E-state index contributed by atoms with van der Waals surface area (Å²) in [5, 5.41) is 3.82. The Labute approximate surface area is 342 Å². The predicted molar refractivity (Wildman–Crippen MR) is 224 cm³/mol. The number of ketones is 2. The molecular formula is C42H39Cl3F2N6O4. The predicted octanol–water partition coefficient (Wildman–Crippen LogP) is 9.51. The normalized spacial score (nSPS) is 10.5. The molecule has 0 spiro atoms. The molecule has 0 aliphatic rings. The van der Waals surface area contributed by atoms with Gasteiger partial charge >= 0.3 is 0 Å². The minimum Gasteiger partial charge on any atom is -0.397 e. The molecule has 10 nitrogen and oxygen atoms in total. The maximum absolute atomic E-state index is 13.5. The number of nitrogen functional groups attached to an aromatic ring is 1. The van der Waals surface area contributed by atoms with Crippen LogP contribution in [0.25, 0.3) is 22.3 Å². The van der Waals surface area contributed by atoms with E-state index < -0.39 is 11.6 Å². The van der Waals surface area contributed by atoms with Crippen molar-refractivity contribution in [2.24, 2.45) is 0 Å². The lowest BCUT2D eigenvalue weighted by atomic mass is 10.1. The molecule has 0 radical (unpaired) electrons. The van der Waals surface area contributed by atoms with Crippen LogP contribution < -0.4 is 22.2 Å². The Balaban J connectivity index is 0.000000211. The lowest BCUT2D eigenvalue weighted by Gasteiger charge is -2.14. The van der Waals surface area contributed by atoms with Crippen LogP contribution in [0.3, 0.4) is 0 Å². The van der Waals surface area contributed by atoms with Gasteiger partial charge in [0.2, 0.25) is 0 Å². The van der Waals surface area contributed by atoms with E-state index in [-0.39, 0.29) is 39.2 Å². The number of nitrogens with one attached hydrogen (secondary N) is 3. The summed E-state index contributed by atoms with van der Waals surface area (Å²) in [5.41, 5.74) is 11.9. The average Bonchev–Trinajstić information content (AvgIpc) is 3.15. The Bertz CT molecular complexity index is 2530. The Morgan fingerprint density at radius 2 is 1.18 bits per heavy atom. The van der Waals surface area contributed by atoms with Crippen LogP contribution in [-0.4, -0.2) is 31.5 Å². The van der Waals surface area contributed by atoms with Crippen LogP contribution in [-0.2, 0) is 35.3 Å². The van der Waals surface area contributed by atoms with Crippen LogP contribution in [0.2, 0.25) is 15.1 Å². The number of hydrogen-bond acceptors (Lipinski definition) is 8. The number of H-pyrrole nitrogens is 2. The molecule has 0 saturated carbocycles. The monoisotopic (exact) mass is 834 g/mol. The second kappa shape index (κ2) is 20.5. The van der Waals surface area contributed by atoms with Gasteiger partial charge in [0.25, 0.3) is 11.1 Å². The molecule has 0 fully saturated rings. The van der Waals surface area contributed by atoms with Crippen molar-refractivity contribution in [2.75, 3.05) is 11.1 Å². The second-order valence-electron chi connectivity index (χ2n) is 12.7. The molecule has 4 aromatic heterocycles. The Morgan fingerprint density at radius 3 is 1.67 bits per heavy atom. The molecule has 0 unspecified atom stereocenters. The zero-order valence-corrected chi connectivity index (χ0v) is 33.7. The highest BCUT2D eigenvalue weighted by molar-refractivity contribution is 6.31. The molecule has 5 N–H and O–H groups in total. The number of aromatic nitrogens is 4. The van der Waals surface area contributed by atoms with Gasteiger partial charge in [0.05, 0.1) is 21.4 Å². The van der Waals surface area contributed by atoms with Crippen LogP contribution in [0.4, 0.5) is 25.8 Å². The van der Waals surface area contributed by atoms with E-state index in [2.05, 4.69) is 25.3 Å². The summed E-state index contributed by atoms with van der Waals surface area (Å²) in [6.07, 6.45) is 5.08. The topological polar surface area (TPSA) is 164 Å². The van der Waals surface area contributed by atoms with Crippen LogP contribution in [0, 0.1) is 11.6 Å². The first-order valence-corrected chi connectivity index (χ1v) is 18.7. The number of Topliss-reactive ketones (excluding diaryl/α,β-unsaturated/α-hetero) is 2. The van der Waals surface area contributed by atoms with Gasteiger partial charge in [-0.1, -0.05) is 60.8 Å². The molecule has 0 saturated heterocycles. The van der Waals surface area contributed by atoms with Gasteiger partial charge in [0.15, 0.2) is 0 Å². The number of aromatic amines is 2. The summed E-state index contributed by atoms with van der Waals surface area (Å²) in [7, 11) is 0. The number of nitrogens with zero attached hydrogens (tertiary/aromatic N) is 2. The molecule has 4 heterocycles. The summed E-state index contributed by atoms with van der Waals surface area (Å²) in [5.74, 6) is -0.937. The Morgan fingerprint density at radius 1 is 0.684 bits per heavy atom. The first-order chi connectivity index (χ1) is 27.1. The minimum atomic E-state index is -0.542. The van der Waals surface area contributed by atoms with E-state index >= 15 is 0 Å². The zero-order chi connectivity index (χ0) is 41.8. The highest BCUT2D eigenvalue weighted by atomic mass is 35.5. The number of carbonyl (C=O) groups is 2. The van der Waals surface area contributed by atoms with Gasteiger partial charge in [-0.15, -0.1) is 0 Å². The minimum absolute atomic E-state index is 0.0231. The number of pyridine rings is 4. The van der Waals surface area contributed by atoms with E-state index in [0.717, 1.165) is 17.1 Å². The largest absolute Gasteiger partial charge is 0.397 e. The molecule has 0 aliphatic heterocycles. The van der Waals surface area contributed by atoms with Gasteiger partial charge in [-0.2, -0.15) is 0 Å². The number of benzene rings is 2. The zero-order valence-electron chi connectivity index (χ0n) is 31.4. The number of aryl methyl sites for hydroxylation is 2. The summed E-state index contributed by atoms with van der Waals surface area (Å²) >= 11 is 17.2. The molecule has 6 rings (SSSR count). The number of hydrogen-bond donors (Lipinski definition) is 4. The molecule has 57 heavy (non-hydrogen) atoms. The van der Waals surface area contributed by atoms with Crippen molar-refractivity contribution in [3.8, 4) is 22.3 Å². The molecule has 2 aromatic carbocycles. The van der Waals surface area contributed by atoms with Gasteiger partial charge in [0.1, 0.15) is 23.2 Å². The molecule has 0 amide bonds. The van der Waals surface area contributed by atoms with Gasteiger partial charge in [-0.05, 0) is 98.5 Å². The second-order valence-corrected chi connectivity index (χ2v) is 13.9. The Hall–Kier alpha value is -5.69. The number of carbonyl (C=O) groups excluding carboxylic acids is 2. The highest BCUT2D eigenvalue weighted by Gasteiger charge is 2.13. The third-order valence-corrected chi connectivity index (χ3v) is 9.00. The van der Waals surface area contributed by atoms with Crippen LogP contribution in [0.5, 0.6) is 0 Å². The summed E-state index contributed by atoms with van der Waals surface area (Å²) in [4.78, 5) is 60.1. The number of anilines is 3. The van der Waals surface area contributed by atoms with Gasteiger partial charge in [-0.3, -0.25) is 29.1 Å². The fourth-order valence-corrected chi connectivity index (χ4v) is 6.00. The van der Waals surface area contributed by atoms with Gasteiger partial charge < -0.3 is 21.0 Å². The van der Waals surface area contributed by atoms with Crippen molar-refractivity contribution < 1.29 is 18.4 Å².